The van der Waals surface area contributed by atoms with E-state index in [9.17, 15) is 9.59 Å². The Morgan fingerprint density at radius 1 is 0.805 bits per heavy atom. The first-order valence-electron chi connectivity index (χ1n) is 17.0. The minimum atomic E-state index is -0.584. The van der Waals surface area contributed by atoms with E-state index in [1.165, 1.54) is 77.0 Å². The molecule has 1 unspecified atom stereocenters. The number of hydrogen-bond acceptors (Lipinski definition) is 6. The molecule has 3 rings (SSSR count). The van der Waals surface area contributed by atoms with Gasteiger partial charge in [-0.1, -0.05) is 65.9 Å². The van der Waals surface area contributed by atoms with Crippen LogP contribution >= 0.6 is 0 Å². The highest BCUT2D eigenvalue weighted by molar-refractivity contribution is 5.87. The van der Waals surface area contributed by atoms with Crippen LogP contribution in [0.2, 0.25) is 0 Å². The van der Waals surface area contributed by atoms with Gasteiger partial charge in [-0.3, -0.25) is 4.79 Å². The smallest absolute Gasteiger partial charge is 0.335 e. The first-order chi connectivity index (χ1) is 19.8. The molecule has 3 aliphatic carbocycles. The van der Waals surface area contributed by atoms with Gasteiger partial charge in [-0.25, -0.2) is 4.79 Å². The van der Waals surface area contributed by atoms with Crippen molar-refractivity contribution in [3.05, 3.63) is 12.2 Å². The highest BCUT2D eigenvalue weighted by atomic mass is 16.5. The van der Waals surface area contributed by atoms with E-state index in [0.717, 1.165) is 50.0 Å². The van der Waals surface area contributed by atoms with Gasteiger partial charge in [0.05, 0.1) is 37.4 Å². The van der Waals surface area contributed by atoms with Gasteiger partial charge >= 0.3 is 11.9 Å². The van der Waals surface area contributed by atoms with E-state index < -0.39 is 12.6 Å². The zero-order valence-corrected chi connectivity index (χ0v) is 26.5. The van der Waals surface area contributed by atoms with Gasteiger partial charge in [-0.15, -0.1) is 0 Å². The summed E-state index contributed by atoms with van der Waals surface area (Å²) in [5.74, 6) is 2.74. The maximum atomic E-state index is 12.1. The Labute approximate surface area is 250 Å². The number of carbonyl (C=O) groups excluding carboxylic acids is 2. The average Bonchev–Trinajstić information content (AvgIpc) is 3.00. The number of rotatable bonds is 16. The number of hydrogen-bond donors (Lipinski definition) is 1. The second-order valence-electron chi connectivity index (χ2n) is 13.8. The van der Waals surface area contributed by atoms with E-state index >= 15 is 0 Å². The molecule has 6 nitrogen and oxygen atoms in total. The van der Waals surface area contributed by atoms with Crippen molar-refractivity contribution in [1.82, 2.24) is 0 Å². The van der Waals surface area contributed by atoms with Crippen molar-refractivity contribution < 1.29 is 28.9 Å². The van der Waals surface area contributed by atoms with E-state index in [0.29, 0.717) is 17.9 Å². The topological polar surface area (TPSA) is 82.1 Å². The molecule has 3 aliphatic rings. The molecule has 0 radical (unpaired) electrons. The molecule has 0 bridgehead atoms. The predicted octanol–water partition coefficient (Wildman–Crippen LogP) is 7.66. The summed E-state index contributed by atoms with van der Waals surface area (Å²) in [4.78, 5) is 24.1. The van der Waals surface area contributed by atoms with Gasteiger partial charge in [0, 0.05) is 12.5 Å². The van der Waals surface area contributed by atoms with Gasteiger partial charge in [0.2, 0.25) is 0 Å². The highest BCUT2D eigenvalue weighted by Gasteiger charge is 2.33. The number of esters is 2. The molecule has 3 fully saturated rings. The van der Waals surface area contributed by atoms with Crippen molar-refractivity contribution in [3.8, 4) is 0 Å². The van der Waals surface area contributed by atoms with Gasteiger partial charge < -0.3 is 19.3 Å². The molecule has 6 heteroatoms. The third kappa shape index (κ3) is 11.7. The lowest BCUT2D eigenvalue weighted by Gasteiger charge is -2.38. The number of aliphatic hydroxyl groups excluding tert-OH is 1. The fourth-order valence-corrected chi connectivity index (χ4v) is 7.48. The molecular weight excluding hydrogens is 516 g/mol. The SMILES string of the molecule is C=C(CO)C(=O)OCC(COC(=O)C(C)C)C1CCC(COC2CCC(C3CCC(CCCCC)CC3)CC2)CC1. The number of carbonyl (C=O) groups is 2. The largest absolute Gasteiger partial charge is 0.465 e. The molecule has 236 valence electrons. The minimum absolute atomic E-state index is 0.0444. The number of ether oxygens (including phenoxy) is 3. The third-order valence-electron chi connectivity index (χ3n) is 10.4. The summed E-state index contributed by atoms with van der Waals surface area (Å²) in [7, 11) is 0. The Balaban J connectivity index is 1.34. The zero-order valence-electron chi connectivity index (χ0n) is 26.5. The molecule has 0 saturated heterocycles. The fraction of sp³-hybridized carbons (Fsp3) is 0.886. The van der Waals surface area contributed by atoms with Crippen molar-refractivity contribution in [2.24, 2.45) is 41.4 Å². The van der Waals surface area contributed by atoms with Crippen LogP contribution in [-0.2, 0) is 23.8 Å². The Morgan fingerprint density at radius 3 is 1.98 bits per heavy atom. The van der Waals surface area contributed by atoms with E-state index in [1.807, 2.05) is 13.8 Å². The average molecular weight is 577 g/mol. The van der Waals surface area contributed by atoms with E-state index in [2.05, 4.69) is 13.5 Å². The Hall–Kier alpha value is -1.40. The standard InChI is InChI=1S/C35H60O6/c1-5-6-7-8-27-9-13-29(14-10-27)30-17-19-33(20-18-30)39-22-28-11-15-31(16-12-28)32(23-40-34(37)25(2)3)24-41-35(38)26(4)21-36/h25,27-33,36H,4-24H2,1-3H3. The van der Waals surface area contributed by atoms with Crippen molar-refractivity contribution in [3.63, 3.8) is 0 Å². The molecule has 0 heterocycles. The summed E-state index contributed by atoms with van der Waals surface area (Å²) in [5.41, 5.74) is 0.0444. The molecule has 41 heavy (non-hydrogen) atoms. The van der Waals surface area contributed by atoms with E-state index in [1.54, 1.807) is 0 Å². The van der Waals surface area contributed by atoms with E-state index in [-0.39, 0.29) is 36.6 Å². The first kappa shape index (κ1) is 34.1. The van der Waals surface area contributed by atoms with Crippen molar-refractivity contribution in [2.45, 2.75) is 130 Å². The van der Waals surface area contributed by atoms with Gasteiger partial charge in [0.15, 0.2) is 0 Å². The molecule has 0 amide bonds. The summed E-state index contributed by atoms with van der Waals surface area (Å²) >= 11 is 0. The molecule has 0 aromatic rings. The molecule has 0 aromatic heterocycles. The molecule has 0 aliphatic heterocycles. The Kier molecular flexibility index (Phi) is 15.2. The lowest BCUT2D eigenvalue weighted by atomic mass is 9.70. The van der Waals surface area contributed by atoms with Crippen LogP contribution in [0.15, 0.2) is 12.2 Å². The Morgan fingerprint density at radius 2 is 1.39 bits per heavy atom. The molecule has 0 aromatic carbocycles. The zero-order chi connectivity index (χ0) is 29.6. The van der Waals surface area contributed by atoms with Crippen LogP contribution in [0.1, 0.15) is 124 Å². The molecule has 0 spiro atoms. The lowest BCUT2D eigenvalue weighted by Crippen LogP contribution is -2.33. The van der Waals surface area contributed by atoms with Crippen molar-refractivity contribution >= 4 is 11.9 Å². The maximum absolute atomic E-state index is 12.1. The summed E-state index contributed by atoms with van der Waals surface area (Å²) < 4.78 is 17.4. The second-order valence-corrected chi connectivity index (χ2v) is 13.8. The maximum Gasteiger partial charge on any atom is 0.335 e. The quantitative estimate of drug-likeness (QED) is 0.115. The molecule has 1 atom stereocenters. The molecule has 1 N–H and O–H groups in total. The van der Waals surface area contributed by atoms with Crippen molar-refractivity contribution in [1.29, 1.82) is 0 Å². The van der Waals surface area contributed by atoms with E-state index in [4.69, 9.17) is 19.3 Å². The Bertz CT molecular complexity index is 770. The van der Waals surface area contributed by atoms with Gasteiger partial charge in [0.1, 0.15) is 0 Å². The fourth-order valence-electron chi connectivity index (χ4n) is 7.48. The monoisotopic (exact) mass is 576 g/mol. The summed E-state index contributed by atoms with van der Waals surface area (Å²) in [5, 5.41) is 9.16. The summed E-state index contributed by atoms with van der Waals surface area (Å²) in [6.45, 7) is 10.4. The predicted molar refractivity (Wildman–Crippen MR) is 163 cm³/mol. The normalized spacial score (nSPS) is 29.6. The summed E-state index contributed by atoms with van der Waals surface area (Å²) in [6.07, 6.45) is 21.3. The van der Waals surface area contributed by atoms with Crippen LogP contribution in [-0.4, -0.2) is 49.6 Å². The van der Waals surface area contributed by atoms with Crippen LogP contribution < -0.4 is 0 Å². The van der Waals surface area contributed by atoms with Crippen LogP contribution in [0.4, 0.5) is 0 Å². The lowest BCUT2D eigenvalue weighted by molar-refractivity contribution is -0.152. The van der Waals surface area contributed by atoms with Gasteiger partial charge in [-0.05, 0) is 93.8 Å². The molecular formula is C35H60O6. The van der Waals surface area contributed by atoms with Crippen LogP contribution in [0, 0.1) is 41.4 Å². The molecule has 3 saturated carbocycles. The van der Waals surface area contributed by atoms with Gasteiger partial charge in [0.25, 0.3) is 0 Å². The number of aliphatic hydroxyl groups is 1. The minimum Gasteiger partial charge on any atom is -0.465 e. The summed E-state index contributed by atoms with van der Waals surface area (Å²) in [6, 6.07) is 0. The van der Waals surface area contributed by atoms with Gasteiger partial charge in [-0.2, -0.15) is 0 Å². The van der Waals surface area contributed by atoms with Crippen LogP contribution in [0.25, 0.3) is 0 Å². The first-order valence-corrected chi connectivity index (χ1v) is 17.0. The van der Waals surface area contributed by atoms with Crippen LogP contribution in [0.5, 0.6) is 0 Å². The highest BCUT2D eigenvalue weighted by Crippen LogP contribution is 2.42. The van der Waals surface area contributed by atoms with Crippen molar-refractivity contribution in [2.75, 3.05) is 26.4 Å². The third-order valence-corrected chi connectivity index (χ3v) is 10.4. The number of unbranched alkanes of at least 4 members (excludes halogenated alkanes) is 2. The second kappa shape index (κ2) is 18.3. The van der Waals surface area contributed by atoms with Crippen LogP contribution in [0.3, 0.4) is 0 Å².